The molecule has 1 aromatic rings. The monoisotopic (exact) mass is 375 g/mol. The predicted octanol–water partition coefficient (Wildman–Crippen LogP) is 1.91. The van der Waals surface area contributed by atoms with Crippen molar-refractivity contribution < 1.29 is 14.2 Å². The van der Waals surface area contributed by atoms with Gasteiger partial charge in [0.1, 0.15) is 0 Å². The lowest BCUT2D eigenvalue weighted by atomic mass is 10.2. The molecule has 0 fully saturated rings. The number of hydrogen-bond acceptors (Lipinski definition) is 5. The Morgan fingerprint density at radius 2 is 1.95 bits per heavy atom. The molecule has 0 bridgehead atoms. The van der Waals surface area contributed by atoms with Gasteiger partial charge in [-0.1, -0.05) is 0 Å². The molecule has 2 N–H and O–H groups in total. The summed E-state index contributed by atoms with van der Waals surface area (Å²) in [6.45, 7) is 1.20. The molecule has 8 heteroatoms. The molecule has 0 saturated heterocycles. The molecule has 0 aliphatic rings. The average Bonchev–Trinajstić information content (AvgIpc) is 2.48. The van der Waals surface area contributed by atoms with E-state index in [1.165, 1.54) is 0 Å². The van der Waals surface area contributed by atoms with E-state index in [-0.39, 0.29) is 0 Å². The zero-order valence-corrected chi connectivity index (χ0v) is 14.5. The third kappa shape index (κ3) is 5.86. The first-order chi connectivity index (χ1) is 10.1. The molecule has 0 spiro atoms. The lowest BCUT2D eigenvalue weighted by molar-refractivity contribution is 0.204. The van der Waals surface area contributed by atoms with E-state index in [1.807, 2.05) is 12.1 Å². The molecule has 6 nitrogen and oxygen atoms in total. The minimum atomic E-state index is 0.430. The minimum absolute atomic E-state index is 0.430. The number of methoxy groups -OCH3 is 3. The Morgan fingerprint density at radius 1 is 1.29 bits per heavy atom. The lowest BCUT2D eigenvalue weighted by Gasteiger charge is -2.10. The van der Waals surface area contributed by atoms with Gasteiger partial charge < -0.3 is 19.5 Å². The van der Waals surface area contributed by atoms with E-state index >= 15 is 0 Å². The van der Waals surface area contributed by atoms with Crippen molar-refractivity contribution in [2.75, 3.05) is 34.5 Å². The number of hydrogen-bond donors (Lipinski definition) is 2. The maximum absolute atomic E-state index is 5.24. The van der Waals surface area contributed by atoms with Crippen LogP contribution in [0.25, 0.3) is 0 Å². The third-order valence-electron chi connectivity index (χ3n) is 2.46. The quantitative estimate of drug-likeness (QED) is 0.328. The zero-order chi connectivity index (χ0) is 15.7. The molecule has 0 amide bonds. The molecule has 0 aromatic heterocycles. The molecule has 0 unspecified atom stereocenters. The number of nitrogens with zero attached hydrogens (tertiary/aromatic N) is 1. The van der Waals surface area contributed by atoms with Crippen molar-refractivity contribution in [3.63, 3.8) is 0 Å². The van der Waals surface area contributed by atoms with Crippen LogP contribution in [0.1, 0.15) is 5.56 Å². The van der Waals surface area contributed by atoms with Crippen molar-refractivity contribution in [2.24, 2.45) is 5.10 Å². The highest BCUT2D eigenvalue weighted by atomic mass is 79.9. The molecule has 21 heavy (non-hydrogen) atoms. The fourth-order valence-electron chi connectivity index (χ4n) is 1.44. The Labute approximate surface area is 138 Å². The summed E-state index contributed by atoms with van der Waals surface area (Å²) in [6, 6.07) is 3.63. The Balaban J connectivity index is 2.65. The minimum Gasteiger partial charge on any atom is -0.493 e. The van der Waals surface area contributed by atoms with Crippen LogP contribution in [0.15, 0.2) is 21.7 Å². The van der Waals surface area contributed by atoms with Gasteiger partial charge in [-0.2, -0.15) is 5.10 Å². The van der Waals surface area contributed by atoms with Crippen LogP contribution in [0.5, 0.6) is 11.5 Å². The Kier molecular flexibility index (Phi) is 8.03. The number of hydrazone groups is 1. The van der Waals surface area contributed by atoms with E-state index in [0.29, 0.717) is 29.8 Å². The highest BCUT2D eigenvalue weighted by Crippen LogP contribution is 2.32. The second-order valence-electron chi connectivity index (χ2n) is 3.85. The fourth-order valence-corrected chi connectivity index (χ4v) is 2.01. The molecule has 116 valence electrons. The van der Waals surface area contributed by atoms with Gasteiger partial charge in [0, 0.05) is 23.7 Å². The Morgan fingerprint density at radius 3 is 2.57 bits per heavy atom. The molecular weight excluding hydrogens is 358 g/mol. The first-order valence-corrected chi connectivity index (χ1v) is 7.29. The molecule has 0 aliphatic carbocycles. The number of benzene rings is 1. The van der Waals surface area contributed by atoms with E-state index in [1.54, 1.807) is 27.5 Å². The van der Waals surface area contributed by atoms with Crippen molar-refractivity contribution in [1.29, 1.82) is 0 Å². The largest absolute Gasteiger partial charge is 0.493 e. The Bertz CT molecular complexity index is 512. The highest BCUT2D eigenvalue weighted by molar-refractivity contribution is 9.10. The first kappa shape index (κ1) is 17.7. The smallest absolute Gasteiger partial charge is 0.187 e. The summed E-state index contributed by atoms with van der Waals surface area (Å²) in [4.78, 5) is 0. The number of thiocarbonyl (C=S) groups is 1. The number of halogens is 1. The predicted molar refractivity (Wildman–Crippen MR) is 90.5 cm³/mol. The summed E-state index contributed by atoms with van der Waals surface area (Å²) >= 11 is 8.51. The van der Waals surface area contributed by atoms with Crippen LogP contribution in [0, 0.1) is 0 Å². The summed E-state index contributed by atoms with van der Waals surface area (Å²) < 4.78 is 16.2. The summed E-state index contributed by atoms with van der Waals surface area (Å²) in [5.74, 6) is 1.27. The first-order valence-electron chi connectivity index (χ1n) is 6.09. The Hall–Kier alpha value is -1.38. The molecule has 0 aliphatic heterocycles. The van der Waals surface area contributed by atoms with Crippen LogP contribution in [0.2, 0.25) is 0 Å². The maximum atomic E-state index is 5.24. The molecule has 0 atom stereocenters. The van der Waals surface area contributed by atoms with Crippen molar-refractivity contribution in [3.8, 4) is 11.5 Å². The van der Waals surface area contributed by atoms with E-state index in [4.69, 9.17) is 26.4 Å². The van der Waals surface area contributed by atoms with Crippen LogP contribution in [-0.4, -0.2) is 45.8 Å². The topological polar surface area (TPSA) is 64.1 Å². The molecule has 1 rings (SSSR count). The van der Waals surface area contributed by atoms with Gasteiger partial charge in [0.25, 0.3) is 0 Å². The van der Waals surface area contributed by atoms with Crippen molar-refractivity contribution >= 4 is 39.5 Å². The summed E-state index contributed by atoms with van der Waals surface area (Å²) in [6.07, 6.45) is 1.64. The van der Waals surface area contributed by atoms with Crippen LogP contribution < -0.4 is 20.2 Å². The van der Waals surface area contributed by atoms with Gasteiger partial charge in [-0.3, -0.25) is 5.43 Å². The van der Waals surface area contributed by atoms with Crippen LogP contribution in [0.3, 0.4) is 0 Å². The lowest BCUT2D eigenvalue weighted by Crippen LogP contribution is -2.34. The van der Waals surface area contributed by atoms with Crippen LogP contribution in [-0.2, 0) is 4.74 Å². The highest BCUT2D eigenvalue weighted by Gasteiger charge is 2.08. The van der Waals surface area contributed by atoms with E-state index < -0.39 is 0 Å². The van der Waals surface area contributed by atoms with Crippen molar-refractivity contribution in [2.45, 2.75) is 0 Å². The molecule has 1 aromatic carbocycles. The van der Waals surface area contributed by atoms with Gasteiger partial charge in [0.05, 0.1) is 27.0 Å². The van der Waals surface area contributed by atoms with E-state index in [2.05, 4.69) is 31.8 Å². The molecule has 0 radical (unpaired) electrons. The van der Waals surface area contributed by atoms with Gasteiger partial charge in [0.2, 0.25) is 0 Å². The second kappa shape index (κ2) is 9.54. The van der Waals surface area contributed by atoms with Gasteiger partial charge in [0.15, 0.2) is 16.6 Å². The van der Waals surface area contributed by atoms with E-state index in [0.717, 1.165) is 10.0 Å². The maximum Gasteiger partial charge on any atom is 0.187 e. The van der Waals surface area contributed by atoms with Gasteiger partial charge >= 0.3 is 0 Å². The molecular formula is C13H18BrN3O3S. The van der Waals surface area contributed by atoms with Crippen LogP contribution >= 0.6 is 28.1 Å². The standard InChI is InChI=1S/C13H18BrN3O3S/c1-18-5-4-15-13(21)17-16-8-9-6-11(19-2)12(20-3)7-10(9)14/h6-8H,4-5H2,1-3H3,(H2,15,17,21)/b16-8-. The fraction of sp³-hybridized carbons (Fsp3) is 0.385. The van der Waals surface area contributed by atoms with Gasteiger partial charge in [-0.15, -0.1) is 0 Å². The summed E-state index contributed by atoms with van der Waals surface area (Å²) in [7, 11) is 4.80. The normalized spacial score (nSPS) is 10.5. The van der Waals surface area contributed by atoms with Crippen molar-refractivity contribution in [1.82, 2.24) is 10.7 Å². The second-order valence-corrected chi connectivity index (χ2v) is 5.11. The third-order valence-corrected chi connectivity index (χ3v) is 3.39. The van der Waals surface area contributed by atoms with Gasteiger partial charge in [-0.05, 0) is 40.3 Å². The summed E-state index contributed by atoms with van der Waals surface area (Å²) in [5.41, 5.74) is 3.56. The van der Waals surface area contributed by atoms with Crippen molar-refractivity contribution in [3.05, 3.63) is 22.2 Å². The summed E-state index contributed by atoms with van der Waals surface area (Å²) in [5, 5.41) is 7.45. The molecule has 0 saturated carbocycles. The SMILES string of the molecule is COCCNC(=S)N/N=C\c1cc(OC)c(OC)cc1Br. The number of rotatable bonds is 7. The average molecular weight is 376 g/mol. The zero-order valence-electron chi connectivity index (χ0n) is 12.1. The number of nitrogens with one attached hydrogen (secondary N) is 2. The van der Waals surface area contributed by atoms with Gasteiger partial charge in [-0.25, -0.2) is 0 Å². The van der Waals surface area contributed by atoms with Crippen LogP contribution in [0.4, 0.5) is 0 Å². The molecule has 0 heterocycles. The van der Waals surface area contributed by atoms with E-state index in [9.17, 15) is 0 Å². The number of ether oxygens (including phenoxy) is 3.